The fraction of sp³-hybridized carbons (Fsp3) is 0.316. The van der Waals surface area contributed by atoms with Crippen molar-refractivity contribution in [1.82, 2.24) is 4.72 Å². The number of aryl methyl sites for hydroxylation is 1. The molecule has 3 rings (SSSR count). The first-order chi connectivity index (χ1) is 13.5. The number of benzene rings is 2. The van der Waals surface area contributed by atoms with Gasteiger partial charge in [0, 0.05) is 6.54 Å². The van der Waals surface area contributed by atoms with Gasteiger partial charge in [-0.15, -0.1) is 0 Å². The van der Waals surface area contributed by atoms with Crippen molar-refractivity contribution in [3.05, 3.63) is 59.4 Å². The predicted molar refractivity (Wildman–Crippen MR) is 107 cm³/mol. The highest BCUT2D eigenvalue weighted by atomic mass is 32.2. The minimum atomic E-state index is -3.89. The fourth-order valence-electron chi connectivity index (χ4n) is 3.25. The van der Waals surface area contributed by atoms with Gasteiger partial charge in [-0.1, -0.05) is 25.1 Å². The van der Waals surface area contributed by atoms with Crippen LogP contribution in [0.4, 0.5) is 10.1 Å². The number of amides is 1. The molecule has 2 aromatic carbocycles. The molecule has 1 saturated heterocycles. The number of rotatable bonds is 6. The minimum Gasteiger partial charge on any atom is -0.273 e. The summed E-state index contributed by atoms with van der Waals surface area (Å²) < 4.78 is 66.4. The first kappa shape index (κ1) is 21.4. The largest absolute Gasteiger partial charge is 0.273 e. The molecule has 1 fully saturated rings. The molecule has 10 heteroatoms. The Morgan fingerprint density at radius 3 is 2.48 bits per heavy atom. The maximum absolute atomic E-state index is 13.7. The first-order valence-electron chi connectivity index (χ1n) is 8.93. The lowest BCUT2D eigenvalue weighted by Gasteiger charge is -2.17. The van der Waals surface area contributed by atoms with Crippen molar-refractivity contribution in [2.75, 3.05) is 16.6 Å². The van der Waals surface area contributed by atoms with Crippen LogP contribution in [0.2, 0.25) is 0 Å². The Hall–Kier alpha value is -2.30. The number of nitrogens with zero attached hydrogens (tertiary/aromatic N) is 1. The van der Waals surface area contributed by atoms with Gasteiger partial charge in [0.25, 0.3) is 0 Å². The van der Waals surface area contributed by atoms with Crippen molar-refractivity contribution in [3.63, 3.8) is 0 Å². The van der Waals surface area contributed by atoms with Gasteiger partial charge in [0.05, 0.1) is 22.3 Å². The minimum absolute atomic E-state index is 0.000955. The lowest BCUT2D eigenvalue weighted by atomic mass is 10.1. The molecule has 1 amide bonds. The van der Waals surface area contributed by atoms with Crippen LogP contribution in [0.25, 0.3) is 0 Å². The van der Waals surface area contributed by atoms with Gasteiger partial charge < -0.3 is 0 Å². The van der Waals surface area contributed by atoms with Crippen LogP contribution in [0, 0.1) is 18.7 Å². The Balaban J connectivity index is 1.79. The molecule has 29 heavy (non-hydrogen) atoms. The molecule has 1 unspecified atom stereocenters. The zero-order valence-electron chi connectivity index (χ0n) is 15.9. The van der Waals surface area contributed by atoms with Crippen LogP contribution in [0.1, 0.15) is 18.1 Å². The van der Waals surface area contributed by atoms with Crippen molar-refractivity contribution in [2.24, 2.45) is 5.92 Å². The van der Waals surface area contributed by atoms with Gasteiger partial charge in [0.2, 0.25) is 26.0 Å². The number of hydrogen-bond acceptors (Lipinski definition) is 5. The van der Waals surface area contributed by atoms with E-state index < -0.39 is 37.7 Å². The van der Waals surface area contributed by atoms with E-state index in [-0.39, 0.29) is 29.3 Å². The molecular weight excluding hydrogens is 419 g/mol. The Morgan fingerprint density at radius 1 is 1.21 bits per heavy atom. The van der Waals surface area contributed by atoms with E-state index in [4.69, 9.17) is 0 Å². The third-order valence-corrected chi connectivity index (χ3v) is 8.18. The van der Waals surface area contributed by atoms with Gasteiger partial charge in [-0.2, -0.15) is 0 Å². The average Bonchev–Trinajstić information content (AvgIpc) is 2.83. The monoisotopic (exact) mass is 440 g/mol. The molecule has 1 aliphatic rings. The average molecular weight is 441 g/mol. The Morgan fingerprint density at radius 2 is 1.90 bits per heavy atom. The smallest absolute Gasteiger partial charge is 0.244 e. The molecule has 0 radical (unpaired) electrons. The van der Waals surface area contributed by atoms with E-state index >= 15 is 0 Å². The number of carbonyl (C=O) groups is 1. The standard InChI is InChI=1S/C19H21FN2O5S2/c1-13-11-16(22-19(23)14(2)12-28(22,24)25)7-8-18(13)29(26,27)21-10-9-15-5-3-4-6-17(15)20/h3-8,11,14,21H,9-10,12H2,1-2H3. The van der Waals surface area contributed by atoms with Crippen LogP contribution in [0.5, 0.6) is 0 Å². The van der Waals surface area contributed by atoms with E-state index in [1.54, 1.807) is 18.2 Å². The molecule has 0 saturated carbocycles. The highest BCUT2D eigenvalue weighted by Gasteiger charge is 2.42. The van der Waals surface area contributed by atoms with Crippen LogP contribution >= 0.6 is 0 Å². The summed E-state index contributed by atoms with van der Waals surface area (Å²) in [6.07, 6.45) is 0.182. The van der Waals surface area contributed by atoms with Crippen molar-refractivity contribution < 1.29 is 26.0 Å². The van der Waals surface area contributed by atoms with Gasteiger partial charge in [-0.3, -0.25) is 4.79 Å². The molecule has 1 N–H and O–H groups in total. The SMILES string of the molecule is Cc1cc(N2C(=O)C(C)CS2(=O)=O)ccc1S(=O)(=O)NCCc1ccccc1F. The second-order valence-electron chi connectivity index (χ2n) is 6.97. The topological polar surface area (TPSA) is 101 Å². The summed E-state index contributed by atoms with van der Waals surface area (Å²) >= 11 is 0. The summed E-state index contributed by atoms with van der Waals surface area (Å²) in [5.41, 5.74) is 0.805. The zero-order valence-corrected chi connectivity index (χ0v) is 17.6. The molecule has 1 atom stereocenters. The molecular formula is C19H21FN2O5S2. The van der Waals surface area contributed by atoms with Gasteiger partial charge in [-0.25, -0.2) is 30.3 Å². The molecule has 1 aliphatic heterocycles. The Labute approximate surface area is 169 Å². The summed E-state index contributed by atoms with van der Waals surface area (Å²) in [5, 5.41) is 0. The van der Waals surface area contributed by atoms with Crippen LogP contribution < -0.4 is 9.03 Å². The van der Waals surface area contributed by atoms with E-state index in [1.807, 2.05) is 0 Å². The summed E-state index contributed by atoms with van der Waals surface area (Å²) in [6, 6.07) is 10.0. The first-order valence-corrected chi connectivity index (χ1v) is 12.0. The third-order valence-electron chi connectivity index (χ3n) is 4.69. The second kappa shape index (κ2) is 7.85. The molecule has 0 spiro atoms. The maximum atomic E-state index is 13.7. The Kier molecular flexibility index (Phi) is 5.79. The number of hydrogen-bond donors (Lipinski definition) is 1. The number of nitrogens with one attached hydrogen (secondary N) is 1. The van der Waals surface area contributed by atoms with Gasteiger partial charge in [0.1, 0.15) is 5.82 Å². The van der Waals surface area contributed by atoms with Crippen LogP contribution in [-0.4, -0.2) is 35.0 Å². The normalized spacial score (nSPS) is 18.9. The van der Waals surface area contributed by atoms with Crippen molar-refractivity contribution in [2.45, 2.75) is 25.2 Å². The number of anilines is 1. The van der Waals surface area contributed by atoms with E-state index in [0.29, 0.717) is 11.1 Å². The van der Waals surface area contributed by atoms with Crippen LogP contribution in [-0.2, 0) is 31.3 Å². The number of carbonyl (C=O) groups excluding carboxylic acids is 1. The molecule has 0 bridgehead atoms. The Bertz CT molecular complexity index is 1160. The molecule has 156 valence electrons. The van der Waals surface area contributed by atoms with Crippen LogP contribution in [0.3, 0.4) is 0 Å². The van der Waals surface area contributed by atoms with Crippen LogP contribution in [0.15, 0.2) is 47.4 Å². The quantitative estimate of drug-likeness (QED) is 0.740. The highest BCUT2D eigenvalue weighted by molar-refractivity contribution is 7.94. The van der Waals surface area contributed by atoms with Crippen molar-refractivity contribution in [1.29, 1.82) is 0 Å². The lowest BCUT2D eigenvalue weighted by Crippen LogP contribution is -2.31. The second-order valence-corrected chi connectivity index (χ2v) is 10.6. The molecule has 7 nitrogen and oxygen atoms in total. The summed E-state index contributed by atoms with van der Waals surface area (Å²) in [4.78, 5) is 12.2. The van der Waals surface area contributed by atoms with Gasteiger partial charge in [0.15, 0.2) is 0 Å². The van der Waals surface area contributed by atoms with E-state index in [2.05, 4.69) is 4.72 Å². The molecule has 0 aromatic heterocycles. The lowest BCUT2D eigenvalue weighted by molar-refractivity contribution is -0.119. The van der Waals surface area contributed by atoms with E-state index in [0.717, 1.165) is 4.31 Å². The summed E-state index contributed by atoms with van der Waals surface area (Å²) in [5.74, 6) is -1.87. The molecule has 0 aliphatic carbocycles. The zero-order chi connectivity index (χ0) is 21.4. The van der Waals surface area contributed by atoms with E-state index in [1.165, 1.54) is 38.1 Å². The van der Waals surface area contributed by atoms with Gasteiger partial charge in [-0.05, 0) is 48.7 Å². The predicted octanol–water partition coefficient (Wildman–Crippen LogP) is 1.97. The number of halogens is 1. The highest BCUT2D eigenvalue weighted by Crippen LogP contribution is 2.30. The third kappa shape index (κ3) is 4.34. The fourth-order valence-corrected chi connectivity index (χ4v) is 6.32. The molecule has 1 heterocycles. The summed E-state index contributed by atoms with van der Waals surface area (Å²) in [6.45, 7) is 3.05. The van der Waals surface area contributed by atoms with Crippen molar-refractivity contribution >= 4 is 31.6 Å². The summed E-state index contributed by atoms with van der Waals surface area (Å²) in [7, 11) is -7.66. The molecule has 2 aromatic rings. The maximum Gasteiger partial charge on any atom is 0.244 e. The van der Waals surface area contributed by atoms with Gasteiger partial charge >= 0.3 is 0 Å². The van der Waals surface area contributed by atoms with E-state index in [9.17, 15) is 26.0 Å². The van der Waals surface area contributed by atoms with Crippen molar-refractivity contribution in [3.8, 4) is 0 Å². The number of sulfonamides is 2.